The van der Waals surface area contributed by atoms with Gasteiger partial charge in [0, 0.05) is 11.8 Å². The molecule has 0 saturated carbocycles. The van der Waals surface area contributed by atoms with Crippen LogP contribution in [0, 0.1) is 0 Å². The summed E-state index contributed by atoms with van der Waals surface area (Å²) in [7, 11) is 0. The molecule has 0 rings (SSSR count). The Labute approximate surface area is 94.8 Å². The zero-order valence-corrected chi connectivity index (χ0v) is 9.74. The van der Waals surface area contributed by atoms with Gasteiger partial charge in [0.2, 0.25) is 5.91 Å². The number of carbonyl (C=O) groups is 2. The van der Waals surface area contributed by atoms with Crippen LogP contribution < -0.4 is 5.32 Å². The molecule has 0 aliphatic heterocycles. The molecule has 2 N–H and O–H groups in total. The van der Waals surface area contributed by atoms with E-state index in [-0.39, 0.29) is 18.1 Å². The summed E-state index contributed by atoms with van der Waals surface area (Å²) in [5, 5.41) is 11.3. The lowest BCUT2D eigenvalue weighted by molar-refractivity contribution is -0.141. The maximum Gasteiger partial charge on any atom is 0.335 e. The first-order valence-corrected chi connectivity index (χ1v) is 4.83. The zero-order valence-electron chi connectivity index (χ0n) is 9.74. The van der Waals surface area contributed by atoms with Crippen LogP contribution in [0.2, 0.25) is 0 Å². The smallest absolute Gasteiger partial charge is 0.335 e. The number of amides is 1. The van der Waals surface area contributed by atoms with Crippen LogP contribution >= 0.6 is 0 Å². The SMILES string of the molecule is C=C(C)C(=O)NC=C(C)C(=O)OCC(C)O. The quantitative estimate of drug-likeness (QED) is 0.530. The minimum atomic E-state index is -0.707. The molecule has 0 fully saturated rings. The van der Waals surface area contributed by atoms with Gasteiger partial charge in [-0.05, 0) is 20.8 Å². The Morgan fingerprint density at radius 1 is 1.50 bits per heavy atom. The first kappa shape index (κ1) is 14.4. The summed E-state index contributed by atoms with van der Waals surface area (Å²) in [4.78, 5) is 22.3. The van der Waals surface area contributed by atoms with Crippen LogP contribution in [0.15, 0.2) is 23.9 Å². The minimum absolute atomic E-state index is 0.0710. The fourth-order valence-electron chi connectivity index (χ4n) is 0.666. The topological polar surface area (TPSA) is 75.6 Å². The van der Waals surface area contributed by atoms with Gasteiger partial charge in [-0.2, -0.15) is 0 Å². The molecule has 0 radical (unpaired) electrons. The third-order valence-corrected chi connectivity index (χ3v) is 1.58. The van der Waals surface area contributed by atoms with Crippen molar-refractivity contribution in [1.82, 2.24) is 5.32 Å². The van der Waals surface area contributed by atoms with Crippen molar-refractivity contribution in [2.75, 3.05) is 6.61 Å². The summed E-state index contributed by atoms with van der Waals surface area (Å²) in [5.74, 6) is -0.939. The minimum Gasteiger partial charge on any atom is -0.460 e. The van der Waals surface area contributed by atoms with Gasteiger partial charge in [-0.25, -0.2) is 4.79 Å². The maximum atomic E-state index is 11.3. The molecule has 1 unspecified atom stereocenters. The average molecular weight is 227 g/mol. The molecule has 5 nitrogen and oxygen atoms in total. The van der Waals surface area contributed by atoms with E-state index in [4.69, 9.17) is 9.84 Å². The standard InChI is InChI=1S/C11H17NO4/c1-7(2)10(14)12-5-8(3)11(15)16-6-9(4)13/h5,9,13H,1,6H2,2-4H3,(H,12,14). The molecule has 5 heteroatoms. The summed E-state index contributed by atoms with van der Waals surface area (Å²) < 4.78 is 4.73. The number of ether oxygens (including phenoxy) is 1. The summed E-state index contributed by atoms with van der Waals surface area (Å²) >= 11 is 0. The highest BCUT2D eigenvalue weighted by atomic mass is 16.5. The van der Waals surface area contributed by atoms with Crippen molar-refractivity contribution in [3.8, 4) is 0 Å². The van der Waals surface area contributed by atoms with Gasteiger partial charge < -0.3 is 15.2 Å². The normalized spacial score (nSPS) is 12.9. The molecular formula is C11H17NO4. The van der Waals surface area contributed by atoms with Gasteiger partial charge in [0.25, 0.3) is 0 Å². The van der Waals surface area contributed by atoms with E-state index < -0.39 is 12.1 Å². The molecule has 0 aromatic heterocycles. The molecular weight excluding hydrogens is 210 g/mol. The summed E-state index contributed by atoms with van der Waals surface area (Å²) in [6.45, 7) is 7.95. The van der Waals surface area contributed by atoms with Crippen LogP contribution in [0.1, 0.15) is 20.8 Å². The Bertz CT molecular complexity index is 318. The molecule has 0 spiro atoms. The first-order valence-electron chi connectivity index (χ1n) is 4.83. The predicted molar refractivity (Wildman–Crippen MR) is 59.4 cm³/mol. The summed E-state index contributed by atoms with van der Waals surface area (Å²) in [6.07, 6.45) is 0.545. The Morgan fingerprint density at radius 2 is 2.06 bits per heavy atom. The molecule has 1 amide bonds. The van der Waals surface area contributed by atoms with Gasteiger partial charge in [-0.3, -0.25) is 4.79 Å². The monoisotopic (exact) mass is 227 g/mol. The molecule has 0 aromatic rings. The second-order valence-corrected chi connectivity index (χ2v) is 3.53. The lowest BCUT2D eigenvalue weighted by Crippen LogP contribution is -2.20. The molecule has 0 aromatic carbocycles. The molecule has 0 heterocycles. The number of hydrogen-bond donors (Lipinski definition) is 2. The van der Waals surface area contributed by atoms with E-state index in [0.717, 1.165) is 0 Å². The van der Waals surface area contributed by atoms with Gasteiger partial charge in [-0.15, -0.1) is 0 Å². The van der Waals surface area contributed by atoms with Crippen LogP contribution in [0.4, 0.5) is 0 Å². The van der Waals surface area contributed by atoms with E-state index in [2.05, 4.69) is 11.9 Å². The predicted octanol–water partition coefficient (Wildman–Crippen LogP) is 0.506. The molecule has 90 valence electrons. The van der Waals surface area contributed by atoms with E-state index in [0.29, 0.717) is 5.57 Å². The van der Waals surface area contributed by atoms with E-state index in [1.165, 1.54) is 20.0 Å². The number of esters is 1. The Hall–Kier alpha value is -1.62. The first-order chi connectivity index (χ1) is 7.34. The number of aliphatic hydroxyl groups excluding tert-OH is 1. The number of nitrogens with one attached hydrogen (secondary N) is 1. The Morgan fingerprint density at radius 3 is 2.50 bits per heavy atom. The van der Waals surface area contributed by atoms with Gasteiger partial charge in [0.05, 0.1) is 11.7 Å². The highest BCUT2D eigenvalue weighted by Gasteiger charge is 2.08. The van der Waals surface area contributed by atoms with Crippen LogP contribution in [0.3, 0.4) is 0 Å². The van der Waals surface area contributed by atoms with Crippen molar-refractivity contribution in [2.45, 2.75) is 26.9 Å². The molecule has 0 aliphatic rings. The van der Waals surface area contributed by atoms with Crippen molar-refractivity contribution >= 4 is 11.9 Å². The third kappa shape index (κ3) is 5.98. The van der Waals surface area contributed by atoms with Gasteiger partial charge in [0.1, 0.15) is 6.61 Å². The zero-order chi connectivity index (χ0) is 12.7. The summed E-state index contributed by atoms with van der Waals surface area (Å²) in [5.41, 5.74) is 0.594. The van der Waals surface area contributed by atoms with Crippen molar-refractivity contribution < 1.29 is 19.4 Å². The Balaban J connectivity index is 4.17. The highest BCUT2D eigenvalue weighted by Crippen LogP contribution is 1.97. The van der Waals surface area contributed by atoms with Crippen LogP contribution in [-0.2, 0) is 14.3 Å². The fourth-order valence-corrected chi connectivity index (χ4v) is 0.666. The molecule has 0 saturated heterocycles. The Kier molecular flexibility index (Phi) is 6.10. The van der Waals surface area contributed by atoms with Crippen molar-refractivity contribution in [2.24, 2.45) is 0 Å². The lowest BCUT2D eigenvalue weighted by atomic mass is 10.3. The maximum absolute atomic E-state index is 11.3. The molecule has 16 heavy (non-hydrogen) atoms. The third-order valence-electron chi connectivity index (χ3n) is 1.58. The number of aliphatic hydroxyl groups is 1. The van der Waals surface area contributed by atoms with Crippen molar-refractivity contribution in [3.63, 3.8) is 0 Å². The van der Waals surface area contributed by atoms with Crippen LogP contribution in [0.25, 0.3) is 0 Å². The average Bonchev–Trinajstić information content (AvgIpc) is 2.21. The van der Waals surface area contributed by atoms with E-state index in [1.807, 2.05) is 0 Å². The van der Waals surface area contributed by atoms with E-state index >= 15 is 0 Å². The summed E-state index contributed by atoms with van der Waals surface area (Å²) in [6, 6.07) is 0. The van der Waals surface area contributed by atoms with Crippen LogP contribution in [0.5, 0.6) is 0 Å². The highest BCUT2D eigenvalue weighted by molar-refractivity contribution is 5.94. The molecule has 0 bridgehead atoms. The van der Waals surface area contributed by atoms with E-state index in [9.17, 15) is 9.59 Å². The van der Waals surface area contributed by atoms with Crippen molar-refractivity contribution in [1.29, 1.82) is 0 Å². The van der Waals surface area contributed by atoms with Crippen LogP contribution in [-0.4, -0.2) is 29.7 Å². The number of carbonyl (C=O) groups excluding carboxylic acids is 2. The fraction of sp³-hybridized carbons (Fsp3) is 0.455. The van der Waals surface area contributed by atoms with E-state index in [1.54, 1.807) is 6.92 Å². The molecule has 0 aliphatic carbocycles. The molecule has 1 atom stereocenters. The second-order valence-electron chi connectivity index (χ2n) is 3.53. The number of hydrogen-bond acceptors (Lipinski definition) is 4. The lowest BCUT2D eigenvalue weighted by Gasteiger charge is -2.06. The van der Waals surface area contributed by atoms with Gasteiger partial charge >= 0.3 is 5.97 Å². The van der Waals surface area contributed by atoms with Crippen molar-refractivity contribution in [3.05, 3.63) is 23.9 Å². The van der Waals surface area contributed by atoms with Gasteiger partial charge in [0.15, 0.2) is 0 Å². The number of rotatable bonds is 5. The van der Waals surface area contributed by atoms with Gasteiger partial charge in [-0.1, -0.05) is 6.58 Å². The largest absolute Gasteiger partial charge is 0.460 e. The second kappa shape index (κ2) is 6.79.